The first kappa shape index (κ1) is 25.6. The highest BCUT2D eigenvalue weighted by molar-refractivity contribution is 6.41. The van der Waals surface area contributed by atoms with Gasteiger partial charge in [-0.05, 0) is 39.1 Å². The average Bonchev–Trinajstić information content (AvgIpc) is 2.85. The molecular weight excluding hydrogens is 489 g/mol. The van der Waals surface area contributed by atoms with Gasteiger partial charge in [0.25, 0.3) is 0 Å². The van der Waals surface area contributed by atoms with E-state index in [9.17, 15) is 0 Å². The molecule has 10 heteroatoms. The molecule has 2 aromatic heterocycles. The summed E-state index contributed by atoms with van der Waals surface area (Å²) >= 11 is 13.4. The van der Waals surface area contributed by atoms with Gasteiger partial charge in [-0.25, -0.2) is 9.97 Å². The summed E-state index contributed by atoms with van der Waals surface area (Å²) in [5, 5.41) is 9.56. The molecule has 3 aromatic rings. The van der Waals surface area contributed by atoms with E-state index in [-0.39, 0.29) is 6.04 Å². The Hall–Kier alpha value is -2.52. The van der Waals surface area contributed by atoms with Gasteiger partial charge in [0.2, 0.25) is 0 Å². The smallest absolute Gasteiger partial charge is 0.141 e. The first-order valence-corrected chi connectivity index (χ1v) is 12.3. The Kier molecular flexibility index (Phi) is 8.38. The molecule has 1 atom stereocenters. The van der Waals surface area contributed by atoms with Gasteiger partial charge in [0, 0.05) is 48.3 Å². The van der Waals surface area contributed by atoms with E-state index in [0.29, 0.717) is 46.0 Å². The summed E-state index contributed by atoms with van der Waals surface area (Å²) in [7, 11) is 7.17. The Bertz CT molecular complexity index is 1160. The number of ether oxygens (including phenoxy) is 3. The molecule has 188 valence electrons. The lowest BCUT2D eigenvalue weighted by atomic mass is 10.1. The maximum Gasteiger partial charge on any atom is 0.141 e. The van der Waals surface area contributed by atoms with Crippen molar-refractivity contribution in [2.24, 2.45) is 0 Å². The van der Waals surface area contributed by atoms with Gasteiger partial charge in [-0.2, -0.15) is 0 Å². The number of aromatic nitrogens is 2. The Labute approximate surface area is 215 Å². The largest absolute Gasteiger partial charge is 0.495 e. The fourth-order valence-electron chi connectivity index (χ4n) is 4.06. The van der Waals surface area contributed by atoms with Gasteiger partial charge in [0.05, 0.1) is 42.6 Å². The predicted octanol–water partition coefficient (Wildman–Crippen LogP) is 5.19. The van der Waals surface area contributed by atoms with Crippen LogP contribution in [0.1, 0.15) is 12.8 Å². The highest BCUT2D eigenvalue weighted by Crippen LogP contribution is 2.46. The SMILES string of the molecule is COc1cc(OC)c(Cl)c(-c2cc3cnc(NC4CCCOC4)cc3c(NCCN(C)C)n2)c1Cl. The number of benzene rings is 1. The molecule has 0 radical (unpaired) electrons. The zero-order valence-electron chi connectivity index (χ0n) is 20.5. The second-order valence-corrected chi connectivity index (χ2v) is 9.48. The monoisotopic (exact) mass is 519 g/mol. The molecule has 1 unspecified atom stereocenters. The third-order valence-corrected chi connectivity index (χ3v) is 6.66. The summed E-state index contributed by atoms with van der Waals surface area (Å²) in [5.41, 5.74) is 1.14. The summed E-state index contributed by atoms with van der Waals surface area (Å²) in [6.45, 7) is 3.05. The van der Waals surface area contributed by atoms with Crippen LogP contribution in [-0.2, 0) is 4.74 Å². The molecule has 1 aliphatic heterocycles. The molecule has 0 amide bonds. The van der Waals surface area contributed by atoms with Crippen molar-refractivity contribution in [3.05, 3.63) is 34.4 Å². The lowest BCUT2D eigenvalue weighted by molar-refractivity contribution is 0.0875. The van der Waals surface area contributed by atoms with Gasteiger partial charge in [-0.3, -0.25) is 0 Å². The van der Waals surface area contributed by atoms with Crippen molar-refractivity contribution < 1.29 is 14.2 Å². The number of nitrogens with one attached hydrogen (secondary N) is 2. The van der Waals surface area contributed by atoms with E-state index in [1.54, 1.807) is 20.3 Å². The van der Waals surface area contributed by atoms with E-state index in [1.165, 1.54) is 0 Å². The van der Waals surface area contributed by atoms with E-state index in [4.69, 9.17) is 42.4 Å². The zero-order valence-corrected chi connectivity index (χ0v) is 22.0. The number of nitrogens with zero attached hydrogens (tertiary/aromatic N) is 3. The molecule has 0 bridgehead atoms. The Morgan fingerprint density at radius 1 is 1.11 bits per heavy atom. The number of likely N-dealkylation sites (N-methyl/N-ethyl adjacent to an activating group) is 1. The van der Waals surface area contributed by atoms with Crippen molar-refractivity contribution in [2.75, 3.05) is 65.3 Å². The van der Waals surface area contributed by atoms with Crippen LogP contribution >= 0.6 is 23.2 Å². The van der Waals surface area contributed by atoms with Crippen LogP contribution in [0.15, 0.2) is 24.4 Å². The fraction of sp³-hybridized carbons (Fsp3) is 0.440. The quantitative estimate of drug-likeness (QED) is 0.399. The Morgan fingerprint density at radius 2 is 1.86 bits per heavy atom. The normalized spacial score (nSPS) is 15.9. The van der Waals surface area contributed by atoms with Crippen LogP contribution in [0.5, 0.6) is 11.5 Å². The minimum Gasteiger partial charge on any atom is -0.495 e. The zero-order chi connectivity index (χ0) is 24.9. The molecular formula is C25H31Cl2N5O3. The minimum absolute atomic E-state index is 0.243. The highest BCUT2D eigenvalue weighted by atomic mass is 35.5. The van der Waals surface area contributed by atoms with Crippen molar-refractivity contribution in [3.8, 4) is 22.8 Å². The summed E-state index contributed by atoms with van der Waals surface area (Å²) in [6.07, 6.45) is 3.93. The maximum atomic E-state index is 6.69. The number of methoxy groups -OCH3 is 2. The third kappa shape index (κ3) is 5.83. The van der Waals surface area contributed by atoms with Crippen LogP contribution in [0, 0.1) is 0 Å². The van der Waals surface area contributed by atoms with Crippen LogP contribution in [0.3, 0.4) is 0 Å². The van der Waals surface area contributed by atoms with E-state index in [0.717, 1.165) is 48.4 Å². The second kappa shape index (κ2) is 11.5. The number of fused-ring (bicyclic) bond motifs is 1. The number of anilines is 2. The summed E-state index contributed by atoms with van der Waals surface area (Å²) in [6, 6.07) is 5.86. The molecule has 0 aliphatic carbocycles. The molecule has 2 N–H and O–H groups in total. The van der Waals surface area contributed by atoms with Crippen LogP contribution in [-0.4, -0.2) is 75.5 Å². The summed E-state index contributed by atoms with van der Waals surface area (Å²) < 4.78 is 16.5. The molecule has 1 fully saturated rings. The number of hydrogen-bond acceptors (Lipinski definition) is 8. The van der Waals surface area contributed by atoms with Gasteiger partial charge in [0.15, 0.2) is 0 Å². The predicted molar refractivity (Wildman–Crippen MR) is 143 cm³/mol. The number of hydrogen-bond donors (Lipinski definition) is 2. The van der Waals surface area contributed by atoms with E-state index in [1.807, 2.05) is 32.4 Å². The fourth-order valence-corrected chi connectivity index (χ4v) is 4.75. The van der Waals surface area contributed by atoms with E-state index < -0.39 is 0 Å². The molecule has 35 heavy (non-hydrogen) atoms. The first-order chi connectivity index (χ1) is 16.9. The van der Waals surface area contributed by atoms with Gasteiger partial charge >= 0.3 is 0 Å². The van der Waals surface area contributed by atoms with Crippen LogP contribution in [0.4, 0.5) is 11.6 Å². The van der Waals surface area contributed by atoms with Crippen molar-refractivity contribution in [3.63, 3.8) is 0 Å². The van der Waals surface area contributed by atoms with Gasteiger partial charge in [0.1, 0.15) is 23.1 Å². The standard InChI is InChI=1S/C25H31Cl2N5O3/c1-32(2)8-7-28-25-17-11-21(30-16-6-5-9-35-14-16)29-13-15(17)10-18(31-25)22-23(26)19(33-3)12-20(34-4)24(22)27/h10-13,16H,5-9,14H2,1-4H3,(H,28,31)(H,29,30). The summed E-state index contributed by atoms with van der Waals surface area (Å²) in [5.74, 6) is 2.43. The molecule has 1 aromatic carbocycles. The molecule has 0 spiro atoms. The van der Waals surface area contributed by atoms with E-state index in [2.05, 4.69) is 20.5 Å². The molecule has 1 aliphatic rings. The molecule has 3 heterocycles. The first-order valence-electron chi connectivity index (χ1n) is 11.5. The highest BCUT2D eigenvalue weighted by Gasteiger charge is 2.22. The molecule has 4 rings (SSSR count). The average molecular weight is 520 g/mol. The van der Waals surface area contributed by atoms with Crippen molar-refractivity contribution in [1.82, 2.24) is 14.9 Å². The van der Waals surface area contributed by atoms with Crippen LogP contribution in [0.2, 0.25) is 10.0 Å². The van der Waals surface area contributed by atoms with Gasteiger partial charge in [-0.15, -0.1) is 0 Å². The number of halogens is 2. The van der Waals surface area contributed by atoms with Crippen molar-refractivity contribution >= 4 is 45.6 Å². The maximum absolute atomic E-state index is 6.69. The van der Waals surface area contributed by atoms with E-state index >= 15 is 0 Å². The number of rotatable bonds is 9. The molecule has 8 nitrogen and oxygen atoms in total. The van der Waals surface area contributed by atoms with Crippen LogP contribution < -0.4 is 20.1 Å². The number of pyridine rings is 2. The van der Waals surface area contributed by atoms with Gasteiger partial charge < -0.3 is 29.7 Å². The van der Waals surface area contributed by atoms with Gasteiger partial charge in [-0.1, -0.05) is 23.2 Å². The third-order valence-electron chi connectivity index (χ3n) is 5.91. The second-order valence-electron chi connectivity index (χ2n) is 8.72. The molecule has 0 saturated carbocycles. The summed E-state index contributed by atoms with van der Waals surface area (Å²) in [4.78, 5) is 11.7. The molecule has 1 saturated heterocycles. The lowest BCUT2D eigenvalue weighted by Crippen LogP contribution is -2.30. The van der Waals surface area contributed by atoms with Crippen LogP contribution in [0.25, 0.3) is 22.0 Å². The minimum atomic E-state index is 0.243. The lowest BCUT2D eigenvalue weighted by Gasteiger charge is -2.24. The van der Waals surface area contributed by atoms with Crippen molar-refractivity contribution in [1.29, 1.82) is 0 Å². The topological polar surface area (TPSA) is 80.8 Å². The Balaban J connectivity index is 1.80. The van der Waals surface area contributed by atoms with Crippen molar-refractivity contribution in [2.45, 2.75) is 18.9 Å². The Morgan fingerprint density at radius 3 is 2.49 bits per heavy atom.